The molecule has 5 rings (SSSR count). The van der Waals surface area contributed by atoms with Gasteiger partial charge in [-0.15, -0.1) is 5.10 Å². The van der Waals surface area contributed by atoms with Gasteiger partial charge in [-0.25, -0.2) is 9.50 Å². The van der Waals surface area contributed by atoms with E-state index in [1.807, 2.05) is 22.7 Å². The van der Waals surface area contributed by atoms with E-state index in [0.717, 1.165) is 30.3 Å². The highest BCUT2D eigenvalue weighted by Gasteiger charge is 2.34. The minimum atomic E-state index is 0.572. The fourth-order valence-electron chi connectivity index (χ4n) is 6.02. The Morgan fingerprint density at radius 1 is 1.03 bits per heavy atom. The molecule has 0 radical (unpaired) electrons. The van der Waals surface area contributed by atoms with E-state index in [4.69, 9.17) is 19.6 Å². The Kier molecular flexibility index (Phi) is 7.25. The van der Waals surface area contributed by atoms with Crippen molar-refractivity contribution in [2.75, 3.05) is 33.9 Å². The first-order valence-electron chi connectivity index (χ1n) is 13.1. The van der Waals surface area contributed by atoms with Crippen LogP contribution in [0.2, 0.25) is 0 Å². The first kappa shape index (κ1) is 24.1. The minimum Gasteiger partial charge on any atom is -0.493 e. The average molecular weight is 478 g/mol. The van der Waals surface area contributed by atoms with Gasteiger partial charge in [-0.1, -0.05) is 13.8 Å². The smallest absolute Gasteiger partial charge is 0.182 e. The van der Waals surface area contributed by atoms with Gasteiger partial charge in [0.15, 0.2) is 23.0 Å². The minimum absolute atomic E-state index is 0.572. The fourth-order valence-corrected chi connectivity index (χ4v) is 6.02. The Morgan fingerprint density at radius 3 is 2.57 bits per heavy atom. The van der Waals surface area contributed by atoms with Crippen molar-refractivity contribution in [3.63, 3.8) is 0 Å². The van der Waals surface area contributed by atoms with Crippen molar-refractivity contribution in [3.05, 3.63) is 42.1 Å². The number of hydrogen-bond donors (Lipinski definition) is 1. The van der Waals surface area contributed by atoms with Crippen LogP contribution in [0, 0.1) is 5.92 Å². The third kappa shape index (κ3) is 5.16. The molecule has 188 valence electrons. The first-order valence-corrected chi connectivity index (χ1v) is 13.1. The van der Waals surface area contributed by atoms with Gasteiger partial charge in [-0.05, 0) is 99.5 Å². The number of aromatic nitrogens is 3. The second kappa shape index (κ2) is 10.5. The molecule has 4 heterocycles. The summed E-state index contributed by atoms with van der Waals surface area (Å²) in [4.78, 5) is 7.71. The number of pyridine rings is 1. The Bertz CT molecular complexity index is 1140. The Balaban J connectivity index is 1.37. The van der Waals surface area contributed by atoms with Crippen molar-refractivity contribution < 1.29 is 9.47 Å². The van der Waals surface area contributed by atoms with E-state index in [9.17, 15) is 0 Å². The normalized spacial score (nSPS) is 22.1. The van der Waals surface area contributed by atoms with E-state index in [0.29, 0.717) is 35.2 Å². The zero-order chi connectivity index (χ0) is 24.4. The van der Waals surface area contributed by atoms with Crippen molar-refractivity contribution in [1.29, 1.82) is 0 Å². The molecule has 0 aliphatic carbocycles. The summed E-state index contributed by atoms with van der Waals surface area (Å²) < 4.78 is 12.7. The molecule has 2 aliphatic heterocycles. The lowest BCUT2D eigenvalue weighted by Gasteiger charge is -2.46. The zero-order valence-electron chi connectivity index (χ0n) is 21.5. The lowest BCUT2D eigenvalue weighted by molar-refractivity contribution is 0.0562. The summed E-state index contributed by atoms with van der Waals surface area (Å²) in [6.07, 6.45) is 8.35. The molecule has 0 amide bonds. The molecule has 0 spiro atoms. The van der Waals surface area contributed by atoms with Gasteiger partial charge in [0.2, 0.25) is 0 Å². The van der Waals surface area contributed by atoms with Crippen LogP contribution in [-0.4, -0.2) is 65.4 Å². The number of nitrogens with one attached hydrogen (secondary N) is 1. The van der Waals surface area contributed by atoms with Crippen LogP contribution in [0.4, 0.5) is 0 Å². The number of nitrogens with zero attached hydrogens (tertiary/aromatic N) is 4. The second-order valence-corrected chi connectivity index (χ2v) is 10.5. The summed E-state index contributed by atoms with van der Waals surface area (Å²) >= 11 is 0. The lowest BCUT2D eigenvalue weighted by atomic mass is 9.81. The van der Waals surface area contributed by atoms with Crippen LogP contribution in [0.25, 0.3) is 17.0 Å². The summed E-state index contributed by atoms with van der Waals surface area (Å²) in [5.41, 5.74) is 3.20. The Morgan fingerprint density at radius 2 is 1.83 bits per heavy atom. The highest BCUT2D eigenvalue weighted by Crippen LogP contribution is 2.37. The van der Waals surface area contributed by atoms with Gasteiger partial charge in [-0.2, -0.15) is 0 Å². The number of piperidine rings is 2. The van der Waals surface area contributed by atoms with Gasteiger partial charge >= 0.3 is 0 Å². The number of methoxy groups -OCH3 is 2. The van der Waals surface area contributed by atoms with E-state index in [1.54, 1.807) is 14.2 Å². The van der Waals surface area contributed by atoms with Crippen molar-refractivity contribution in [1.82, 2.24) is 24.8 Å². The SMILES string of the molecule is COc1ccc(-c2nc3cc(C4CCN(C5CCNCC5)[C@H](CC(C)C)C4)ccn3n2)cc1OC. The fraction of sp³-hybridized carbons (Fsp3) is 0.571. The topological polar surface area (TPSA) is 63.9 Å². The molecular weight excluding hydrogens is 438 g/mol. The predicted octanol–water partition coefficient (Wildman–Crippen LogP) is 4.76. The molecule has 7 nitrogen and oxygen atoms in total. The molecule has 7 heteroatoms. The molecule has 2 aromatic heterocycles. The van der Waals surface area contributed by atoms with Crippen LogP contribution in [0.1, 0.15) is 57.4 Å². The first-order chi connectivity index (χ1) is 17.1. The Labute approximate surface area is 208 Å². The number of fused-ring (bicyclic) bond motifs is 1. The summed E-state index contributed by atoms with van der Waals surface area (Å²) in [5.74, 6) is 3.37. The van der Waals surface area contributed by atoms with Gasteiger partial charge in [0.25, 0.3) is 0 Å². The zero-order valence-corrected chi connectivity index (χ0v) is 21.5. The van der Waals surface area contributed by atoms with E-state index in [-0.39, 0.29) is 0 Å². The van der Waals surface area contributed by atoms with Gasteiger partial charge < -0.3 is 14.8 Å². The highest BCUT2D eigenvalue weighted by molar-refractivity contribution is 5.63. The van der Waals surface area contributed by atoms with E-state index in [1.165, 1.54) is 44.2 Å². The molecule has 0 saturated carbocycles. The van der Waals surface area contributed by atoms with Crippen LogP contribution < -0.4 is 14.8 Å². The van der Waals surface area contributed by atoms with Crippen molar-refractivity contribution in [2.45, 2.75) is 64.0 Å². The summed E-state index contributed by atoms with van der Waals surface area (Å²) in [5, 5.41) is 8.25. The van der Waals surface area contributed by atoms with Gasteiger partial charge in [0.1, 0.15) is 0 Å². The summed E-state index contributed by atoms with van der Waals surface area (Å²) in [7, 11) is 3.29. The quantitative estimate of drug-likeness (QED) is 0.529. The second-order valence-electron chi connectivity index (χ2n) is 10.5. The number of rotatable bonds is 7. The number of benzene rings is 1. The molecule has 2 fully saturated rings. The largest absolute Gasteiger partial charge is 0.493 e. The highest BCUT2D eigenvalue weighted by atomic mass is 16.5. The van der Waals surface area contributed by atoms with E-state index >= 15 is 0 Å². The molecule has 0 bridgehead atoms. The maximum atomic E-state index is 5.47. The maximum absolute atomic E-state index is 5.47. The number of likely N-dealkylation sites (tertiary alicyclic amines) is 1. The van der Waals surface area contributed by atoms with Crippen LogP contribution in [0.3, 0.4) is 0 Å². The monoisotopic (exact) mass is 477 g/mol. The molecule has 1 N–H and O–H groups in total. The average Bonchev–Trinajstić information content (AvgIpc) is 3.32. The van der Waals surface area contributed by atoms with Crippen molar-refractivity contribution in [2.24, 2.45) is 5.92 Å². The lowest BCUT2D eigenvalue weighted by Crippen LogP contribution is -2.51. The van der Waals surface area contributed by atoms with Crippen LogP contribution in [0.15, 0.2) is 36.5 Å². The number of hydrogen-bond acceptors (Lipinski definition) is 6. The van der Waals surface area contributed by atoms with Crippen molar-refractivity contribution in [3.8, 4) is 22.9 Å². The predicted molar refractivity (Wildman–Crippen MR) is 139 cm³/mol. The standard InChI is InChI=1S/C28H39N5O2/c1-19(2)15-24-16-20(9-13-32(24)23-7-11-29-12-8-23)21-10-14-33-27(18-21)30-28(31-33)22-5-6-25(34-3)26(17-22)35-4/h5-6,10,14,17-20,23-24,29H,7-9,11-13,15-16H2,1-4H3/t20?,24-/m1/s1. The molecule has 2 saturated heterocycles. The molecule has 1 aromatic carbocycles. The van der Waals surface area contributed by atoms with Crippen LogP contribution >= 0.6 is 0 Å². The molecule has 2 atom stereocenters. The summed E-state index contributed by atoms with van der Waals surface area (Å²) in [6.45, 7) is 8.24. The third-order valence-electron chi connectivity index (χ3n) is 7.76. The van der Waals surface area contributed by atoms with Gasteiger partial charge in [0, 0.05) is 23.8 Å². The van der Waals surface area contributed by atoms with Gasteiger partial charge in [0.05, 0.1) is 14.2 Å². The summed E-state index contributed by atoms with van der Waals surface area (Å²) in [6, 6.07) is 11.7. The maximum Gasteiger partial charge on any atom is 0.182 e. The van der Waals surface area contributed by atoms with E-state index < -0.39 is 0 Å². The van der Waals surface area contributed by atoms with Crippen LogP contribution in [-0.2, 0) is 0 Å². The molecule has 35 heavy (non-hydrogen) atoms. The van der Waals surface area contributed by atoms with E-state index in [2.05, 4.69) is 42.4 Å². The van der Waals surface area contributed by atoms with Gasteiger partial charge in [-0.3, -0.25) is 4.90 Å². The molecular formula is C28H39N5O2. The van der Waals surface area contributed by atoms with Crippen molar-refractivity contribution >= 4 is 5.65 Å². The molecule has 1 unspecified atom stereocenters. The number of ether oxygens (including phenoxy) is 2. The van der Waals surface area contributed by atoms with Crippen LogP contribution in [0.5, 0.6) is 11.5 Å². The third-order valence-corrected chi connectivity index (χ3v) is 7.76. The molecule has 2 aliphatic rings. The molecule has 3 aromatic rings. The Hall–Kier alpha value is -2.64.